The molecule has 0 aliphatic rings. The van der Waals surface area contributed by atoms with Gasteiger partial charge in [-0.3, -0.25) is 37.3 Å². The van der Waals surface area contributed by atoms with Gasteiger partial charge in [0.15, 0.2) is 12.2 Å². The van der Waals surface area contributed by atoms with Gasteiger partial charge in [-0.1, -0.05) is 283 Å². The van der Waals surface area contributed by atoms with Gasteiger partial charge in [-0.2, -0.15) is 0 Å². The van der Waals surface area contributed by atoms with E-state index in [-0.39, 0.29) is 25.7 Å². The van der Waals surface area contributed by atoms with Gasteiger partial charge in [0.2, 0.25) is 0 Å². The summed E-state index contributed by atoms with van der Waals surface area (Å²) < 4.78 is 68.4. The van der Waals surface area contributed by atoms with Crippen LogP contribution in [0.5, 0.6) is 0 Å². The predicted octanol–water partition coefficient (Wildman–Crippen LogP) is 21.0. The van der Waals surface area contributed by atoms with E-state index in [0.717, 1.165) is 140 Å². The van der Waals surface area contributed by atoms with Gasteiger partial charge in [0.1, 0.15) is 19.3 Å². The standard InChI is InChI=1S/C75H138O17P2/c1-7-10-12-14-16-18-20-22-24-26-30-34-38-45-51-57-72(77)85-63-70(91-75(80)60-54-48-40-36-32-28-29-33-37-43-49-55-67(4)5)65-89-93(81,82)87-61-69(76)62-88-94(83,84)90-66-71(64-86-73(78)58-52-46-42-41-44-50-56-68(6)9-3)92-74(79)59-53-47-39-35-31-27-25-23-21-19-17-15-13-11-8-2/h18-25,67-71,76H,7-17,26-66H2,1-6H3,(H,81,82)(H,83,84)/b20-18-,21-19-,24-22-,25-23-/t68?,69-,70-,71-/m1/s1. The molecule has 0 saturated heterocycles. The summed E-state index contributed by atoms with van der Waals surface area (Å²) in [5.74, 6) is -0.693. The molecule has 0 aliphatic carbocycles. The van der Waals surface area contributed by atoms with Crippen LogP contribution in [0.2, 0.25) is 0 Å². The van der Waals surface area contributed by atoms with Gasteiger partial charge in [0.25, 0.3) is 0 Å². The summed E-state index contributed by atoms with van der Waals surface area (Å²) in [7, 11) is -9.93. The fourth-order valence-electron chi connectivity index (χ4n) is 10.4. The van der Waals surface area contributed by atoms with E-state index in [1.54, 1.807) is 0 Å². The van der Waals surface area contributed by atoms with E-state index in [4.69, 9.17) is 37.0 Å². The number of aliphatic hydroxyl groups is 1. The van der Waals surface area contributed by atoms with Gasteiger partial charge in [0.05, 0.1) is 26.4 Å². The Morgan fingerprint density at radius 2 is 0.628 bits per heavy atom. The zero-order valence-electron chi connectivity index (χ0n) is 60.2. The number of esters is 4. The summed E-state index contributed by atoms with van der Waals surface area (Å²) in [6.07, 6.45) is 58.5. The van der Waals surface area contributed by atoms with E-state index < -0.39 is 97.5 Å². The highest BCUT2D eigenvalue weighted by Gasteiger charge is 2.30. The zero-order valence-corrected chi connectivity index (χ0v) is 62.0. The van der Waals surface area contributed by atoms with E-state index in [1.807, 2.05) is 0 Å². The number of phosphoric acid groups is 2. The van der Waals surface area contributed by atoms with Crippen LogP contribution >= 0.6 is 15.6 Å². The first-order valence-electron chi connectivity index (χ1n) is 37.7. The minimum atomic E-state index is -4.97. The van der Waals surface area contributed by atoms with Gasteiger partial charge in [-0.05, 0) is 88.9 Å². The van der Waals surface area contributed by atoms with E-state index in [9.17, 15) is 43.2 Å². The number of carbonyl (C=O) groups excluding carboxylic acids is 4. The number of ether oxygens (including phenoxy) is 4. The van der Waals surface area contributed by atoms with Crippen molar-refractivity contribution in [2.24, 2.45) is 11.8 Å². The van der Waals surface area contributed by atoms with Crippen molar-refractivity contribution in [1.82, 2.24) is 0 Å². The molecule has 0 radical (unpaired) electrons. The van der Waals surface area contributed by atoms with Crippen LogP contribution in [0.15, 0.2) is 48.6 Å². The molecule has 0 spiro atoms. The molecular formula is C75H138O17P2. The Labute approximate surface area is 572 Å². The summed E-state index contributed by atoms with van der Waals surface area (Å²) in [6, 6.07) is 0. The van der Waals surface area contributed by atoms with Crippen LogP contribution in [0, 0.1) is 11.8 Å². The number of aliphatic hydroxyl groups excluding tert-OH is 1. The lowest BCUT2D eigenvalue weighted by Gasteiger charge is -2.21. The SMILES string of the molecule is CCCCCC/C=C\C=C/CCCCCCCC(=O)OC[C@H](COP(=O)(O)OC[C@@H](O)COP(=O)(O)OC[C@@H](COC(=O)CCCCCCCCC(C)CC)OC(=O)CCCCCCC/C=C\C=C/CCCCCC)OC(=O)CCCCCCCCCCCCCC(C)C. The maximum absolute atomic E-state index is 13.1. The van der Waals surface area contributed by atoms with Crippen molar-refractivity contribution in [1.29, 1.82) is 0 Å². The molecule has 0 saturated carbocycles. The fraction of sp³-hybridized carbons (Fsp3) is 0.840. The first kappa shape index (κ1) is 91.0. The lowest BCUT2D eigenvalue weighted by atomic mass is 10.00. The second-order valence-corrected chi connectivity index (χ2v) is 29.3. The average molecular weight is 1370 g/mol. The highest BCUT2D eigenvalue weighted by Crippen LogP contribution is 2.45. The Morgan fingerprint density at radius 3 is 0.947 bits per heavy atom. The minimum absolute atomic E-state index is 0.0816. The van der Waals surface area contributed by atoms with Crippen LogP contribution in [0.3, 0.4) is 0 Å². The molecule has 0 heterocycles. The monoisotopic (exact) mass is 1370 g/mol. The van der Waals surface area contributed by atoms with Crippen LogP contribution < -0.4 is 0 Å². The Bertz CT molecular complexity index is 2010. The average Bonchev–Trinajstić information content (AvgIpc) is 1.65. The first-order chi connectivity index (χ1) is 45.4. The van der Waals surface area contributed by atoms with Crippen LogP contribution in [0.1, 0.15) is 337 Å². The Kier molecular flexibility index (Phi) is 63.8. The van der Waals surface area contributed by atoms with Gasteiger partial charge >= 0.3 is 39.5 Å². The lowest BCUT2D eigenvalue weighted by molar-refractivity contribution is -0.161. The highest BCUT2D eigenvalue weighted by molar-refractivity contribution is 7.47. The quantitative estimate of drug-likeness (QED) is 0.0169. The van der Waals surface area contributed by atoms with Crippen LogP contribution in [0.4, 0.5) is 0 Å². The van der Waals surface area contributed by atoms with Crippen molar-refractivity contribution >= 4 is 39.5 Å². The second-order valence-electron chi connectivity index (χ2n) is 26.4. The Balaban J connectivity index is 5.33. The Morgan fingerprint density at radius 1 is 0.351 bits per heavy atom. The van der Waals surface area contributed by atoms with E-state index >= 15 is 0 Å². The number of allylic oxidation sites excluding steroid dienone is 8. The third-order valence-corrected chi connectivity index (χ3v) is 18.5. The second kappa shape index (κ2) is 65.9. The van der Waals surface area contributed by atoms with Gasteiger partial charge in [-0.25, -0.2) is 9.13 Å². The number of carbonyl (C=O) groups is 4. The third kappa shape index (κ3) is 66.3. The lowest BCUT2D eigenvalue weighted by Crippen LogP contribution is -2.30. The molecule has 0 rings (SSSR count). The molecule has 19 heteroatoms. The molecule has 0 aromatic heterocycles. The van der Waals surface area contributed by atoms with E-state index in [1.165, 1.54) is 116 Å². The first-order valence-corrected chi connectivity index (χ1v) is 40.7. The Hall–Kier alpha value is -2.98. The number of hydrogen-bond donors (Lipinski definition) is 3. The van der Waals surface area contributed by atoms with Crippen molar-refractivity contribution in [2.75, 3.05) is 39.6 Å². The molecule has 3 N–H and O–H groups in total. The predicted molar refractivity (Wildman–Crippen MR) is 381 cm³/mol. The topological polar surface area (TPSA) is 237 Å². The molecule has 0 aromatic carbocycles. The summed E-state index contributed by atoms with van der Waals surface area (Å²) in [4.78, 5) is 72.7. The molecule has 3 unspecified atom stereocenters. The normalized spacial score (nSPS) is 14.7. The van der Waals surface area contributed by atoms with Crippen molar-refractivity contribution in [3.63, 3.8) is 0 Å². The maximum atomic E-state index is 13.1. The summed E-state index contributed by atoms with van der Waals surface area (Å²) in [6.45, 7) is 9.40. The molecular weight excluding hydrogens is 1230 g/mol. The van der Waals surface area contributed by atoms with Crippen LogP contribution in [-0.2, 0) is 65.4 Å². The minimum Gasteiger partial charge on any atom is -0.462 e. The smallest absolute Gasteiger partial charge is 0.462 e. The largest absolute Gasteiger partial charge is 0.472 e. The van der Waals surface area contributed by atoms with E-state index in [2.05, 4.69) is 90.2 Å². The van der Waals surface area contributed by atoms with Crippen LogP contribution in [0.25, 0.3) is 0 Å². The summed E-state index contributed by atoms with van der Waals surface area (Å²) in [5, 5.41) is 10.6. The maximum Gasteiger partial charge on any atom is 0.472 e. The molecule has 6 atom stereocenters. The number of rotatable bonds is 70. The molecule has 0 aromatic rings. The van der Waals surface area contributed by atoms with Crippen molar-refractivity contribution in [3.05, 3.63) is 48.6 Å². The third-order valence-electron chi connectivity index (χ3n) is 16.6. The van der Waals surface area contributed by atoms with E-state index in [0.29, 0.717) is 25.7 Å². The molecule has 17 nitrogen and oxygen atoms in total. The number of phosphoric ester groups is 2. The molecule has 550 valence electrons. The summed E-state index contributed by atoms with van der Waals surface area (Å²) >= 11 is 0. The van der Waals surface area contributed by atoms with Crippen molar-refractivity contribution < 1.29 is 80.2 Å². The highest BCUT2D eigenvalue weighted by atomic mass is 31.2. The fourth-order valence-corrected chi connectivity index (χ4v) is 11.9. The van der Waals surface area contributed by atoms with Gasteiger partial charge in [-0.15, -0.1) is 0 Å². The van der Waals surface area contributed by atoms with Crippen LogP contribution in [-0.4, -0.2) is 96.7 Å². The number of unbranched alkanes of at least 4 members (excludes halogenated alkanes) is 33. The molecule has 0 amide bonds. The summed E-state index contributed by atoms with van der Waals surface area (Å²) in [5.41, 5.74) is 0. The zero-order chi connectivity index (χ0) is 69.3. The number of hydrogen-bond acceptors (Lipinski definition) is 15. The molecule has 0 aliphatic heterocycles. The molecule has 0 bridgehead atoms. The van der Waals surface area contributed by atoms with Gasteiger partial charge in [0, 0.05) is 25.7 Å². The molecule has 94 heavy (non-hydrogen) atoms. The van der Waals surface area contributed by atoms with Crippen molar-refractivity contribution in [3.8, 4) is 0 Å². The van der Waals surface area contributed by atoms with Crippen molar-refractivity contribution in [2.45, 2.75) is 355 Å². The van der Waals surface area contributed by atoms with Gasteiger partial charge < -0.3 is 33.8 Å². The molecule has 0 fully saturated rings.